The number of pyridine rings is 1. The third-order valence-electron chi connectivity index (χ3n) is 3.03. The van der Waals surface area contributed by atoms with Gasteiger partial charge in [0.05, 0.1) is 25.3 Å². The summed E-state index contributed by atoms with van der Waals surface area (Å²) in [6.07, 6.45) is 0. The van der Waals surface area contributed by atoms with Crippen LogP contribution in [0.15, 0.2) is 30.3 Å². The molecule has 6 heteroatoms. The summed E-state index contributed by atoms with van der Waals surface area (Å²) in [5, 5.41) is 0. The molecule has 0 spiro atoms. The van der Waals surface area contributed by atoms with Gasteiger partial charge in [-0.15, -0.1) is 0 Å². The number of H-pyrrole nitrogens is 1. The Morgan fingerprint density at radius 1 is 1.05 bits per heavy atom. The molecule has 0 aliphatic heterocycles. The van der Waals surface area contributed by atoms with Gasteiger partial charge in [-0.2, -0.15) is 0 Å². The molecule has 3 N–H and O–H groups in total. The molecule has 6 nitrogen and oxygen atoms in total. The number of fused-ring (bicyclic) bond motifs is 1. The topological polar surface area (TPSA) is 86.1 Å². The van der Waals surface area contributed by atoms with Crippen LogP contribution in [-0.4, -0.2) is 29.2 Å². The number of benzene rings is 1. The number of ether oxygens (including phenoxy) is 2. The van der Waals surface area contributed by atoms with E-state index in [9.17, 15) is 0 Å². The van der Waals surface area contributed by atoms with Crippen molar-refractivity contribution in [2.75, 3.05) is 20.0 Å². The van der Waals surface area contributed by atoms with Gasteiger partial charge in [0.2, 0.25) is 0 Å². The van der Waals surface area contributed by atoms with Crippen LogP contribution in [0.4, 0.5) is 5.82 Å². The van der Waals surface area contributed by atoms with Crippen molar-refractivity contribution in [1.82, 2.24) is 15.0 Å². The largest absolute Gasteiger partial charge is 0.497 e. The Bertz CT molecular complexity index is 767. The maximum atomic E-state index is 5.66. The average molecular weight is 270 g/mol. The molecule has 0 bridgehead atoms. The summed E-state index contributed by atoms with van der Waals surface area (Å²) >= 11 is 0. The number of nitrogen functional groups attached to an aromatic ring is 1. The first-order valence-corrected chi connectivity index (χ1v) is 6.06. The third-order valence-corrected chi connectivity index (χ3v) is 3.03. The van der Waals surface area contributed by atoms with E-state index in [2.05, 4.69) is 15.0 Å². The van der Waals surface area contributed by atoms with Gasteiger partial charge in [-0.05, 0) is 30.3 Å². The van der Waals surface area contributed by atoms with E-state index in [0.29, 0.717) is 23.0 Å². The number of hydrogen-bond donors (Lipinski definition) is 2. The maximum Gasteiger partial charge on any atom is 0.180 e. The van der Waals surface area contributed by atoms with Crippen molar-refractivity contribution in [1.29, 1.82) is 0 Å². The Hall–Kier alpha value is -2.76. The number of anilines is 1. The van der Waals surface area contributed by atoms with Crippen molar-refractivity contribution in [3.05, 3.63) is 30.3 Å². The number of aromatic amines is 1. The maximum absolute atomic E-state index is 5.66. The predicted molar refractivity (Wildman–Crippen MR) is 76.8 cm³/mol. The molecule has 0 saturated carbocycles. The second-order valence-corrected chi connectivity index (χ2v) is 4.26. The number of hydrogen-bond acceptors (Lipinski definition) is 5. The minimum atomic E-state index is 0.438. The van der Waals surface area contributed by atoms with Crippen LogP contribution < -0.4 is 15.2 Å². The first-order valence-electron chi connectivity index (χ1n) is 6.06. The minimum Gasteiger partial charge on any atom is -0.497 e. The molecule has 20 heavy (non-hydrogen) atoms. The van der Waals surface area contributed by atoms with Gasteiger partial charge in [-0.1, -0.05) is 0 Å². The Balaban J connectivity index is 2.18. The molecule has 0 saturated heterocycles. The zero-order valence-electron chi connectivity index (χ0n) is 11.2. The number of nitrogens with one attached hydrogen (secondary N) is 1. The quantitative estimate of drug-likeness (QED) is 0.762. The molecule has 3 rings (SSSR count). The Morgan fingerprint density at radius 2 is 1.90 bits per heavy atom. The molecule has 1 aromatic carbocycles. The molecular weight excluding hydrogens is 256 g/mol. The number of imidazole rings is 1. The highest BCUT2D eigenvalue weighted by Crippen LogP contribution is 2.32. The molecule has 2 aromatic heterocycles. The molecule has 0 aliphatic rings. The Kier molecular flexibility index (Phi) is 2.90. The molecule has 0 atom stereocenters. The predicted octanol–water partition coefficient (Wildman–Crippen LogP) is 2.22. The number of rotatable bonds is 3. The fourth-order valence-electron chi connectivity index (χ4n) is 2.03. The van der Waals surface area contributed by atoms with Crippen molar-refractivity contribution in [2.45, 2.75) is 0 Å². The number of nitrogens with two attached hydrogens (primary N) is 1. The summed E-state index contributed by atoms with van der Waals surface area (Å²) in [7, 11) is 3.23. The Morgan fingerprint density at radius 3 is 2.65 bits per heavy atom. The van der Waals surface area contributed by atoms with Crippen LogP contribution in [0.5, 0.6) is 11.5 Å². The lowest BCUT2D eigenvalue weighted by Crippen LogP contribution is -1.91. The van der Waals surface area contributed by atoms with E-state index < -0.39 is 0 Å². The highest BCUT2D eigenvalue weighted by Gasteiger charge is 2.12. The Labute approximate surface area is 115 Å². The monoisotopic (exact) mass is 270 g/mol. The smallest absolute Gasteiger partial charge is 0.180 e. The summed E-state index contributed by atoms with van der Waals surface area (Å²) < 4.78 is 10.6. The van der Waals surface area contributed by atoms with Crippen LogP contribution in [-0.2, 0) is 0 Å². The third kappa shape index (κ3) is 2.01. The molecule has 0 unspecified atom stereocenters. The second kappa shape index (κ2) is 4.73. The van der Waals surface area contributed by atoms with Gasteiger partial charge in [0, 0.05) is 0 Å². The summed E-state index contributed by atoms with van der Waals surface area (Å²) in [6.45, 7) is 0. The number of methoxy groups -OCH3 is 2. The molecule has 102 valence electrons. The van der Waals surface area contributed by atoms with Gasteiger partial charge in [-0.25, -0.2) is 9.97 Å². The first-order chi connectivity index (χ1) is 9.71. The average Bonchev–Trinajstić information content (AvgIpc) is 2.89. The molecule has 0 radical (unpaired) electrons. The van der Waals surface area contributed by atoms with Crippen molar-refractivity contribution >= 4 is 17.0 Å². The van der Waals surface area contributed by atoms with Gasteiger partial charge in [-0.3, -0.25) is 0 Å². The molecule has 0 fully saturated rings. The fraction of sp³-hybridized carbons (Fsp3) is 0.143. The van der Waals surface area contributed by atoms with E-state index in [-0.39, 0.29) is 0 Å². The van der Waals surface area contributed by atoms with Crippen LogP contribution in [0.25, 0.3) is 22.6 Å². The number of nitrogens with zero attached hydrogens (tertiary/aromatic N) is 2. The minimum absolute atomic E-state index is 0.438. The van der Waals surface area contributed by atoms with E-state index in [1.54, 1.807) is 20.3 Å². The van der Waals surface area contributed by atoms with Crippen LogP contribution in [0.2, 0.25) is 0 Å². The lowest BCUT2D eigenvalue weighted by Gasteiger charge is -2.08. The van der Waals surface area contributed by atoms with E-state index >= 15 is 0 Å². The van der Waals surface area contributed by atoms with Crippen LogP contribution in [0, 0.1) is 0 Å². The standard InChI is InChI=1S/C14H14N4O2/c1-19-8-3-5-11(20-2)9(7-8)13-16-10-4-6-12(15)17-14(10)18-13/h3-7H,1-2H3,(H3,15,16,17,18). The van der Waals surface area contributed by atoms with Crippen molar-refractivity contribution in [2.24, 2.45) is 0 Å². The van der Waals surface area contributed by atoms with E-state index in [1.165, 1.54) is 0 Å². The van der Waals surface area contributed by atoms with Gasteiger partial charge in [0.1, 0.15) is 23.1 Å². The fourth-order valence-corrected chi connectivity index (χ4v) is 2.03. The van der Waals surface area contributed by atoms with Crippen molar-refractivity contribution < 1.29 is 9.47 Å². The molecule has 0 amide bonds. The zero-order valence-corrected chi connectivity index (χ0v) is 11.2. The van der Waals surface area contributed by atoms with Crippen LogP contribution in [0.1, 0.15) is 0 Å². The summed E-state index contributed by atoms with van der Waals surface area (Å²) in [6, 6.07) is 9.11. The highest BCUT2D eigenvalue weighted by molar-refractivity contribution is 5.79. The lowest BCUT2D eigenvalue weighted by atomic mass is 10.2. The highest BCUT2D eigenvalue weighted by atomic mass is 16.5. The van der Waals surface area contributed by atoms with E-state index in [4.69, 9.17) is 15.2 Å². The zero-order chi connectivity index (χ0) is 14.1. The molecule has 3 aromatic rings. The van der Waals surface area contributed by atoms with Crippen molar-refractivity contribution in [3.63, 3.8) is 0 Å². The molecular formula is C14H14N4O2. The molecule has 2 heterocycles. The summed E-state index contributed by atoms with van der Waals surface area (Å²) in [5.74, 6) is 2.54. The van der Waals surface area contributed by atoms with E-state index in [0.717, 1.165) is 16.8 Å². The number of aromatic nitrogens is 3. The van der Waals surface area contributed by atoms with E-state index in [1.807, 2.05) is 24.3 Å². The van der Waals surface area contributed by atoms with Gasteiger partial charge in [0.15, 0.2) is 5.65 Å². The van der Waals surface area contributed by atoms with Gasteiger partial charge < -0.3 is 20.2 Å². The van der Waals surface area contributed by atoms with Crippen molar-refractivity contribution in [3.8, 4) is 22.9 Å². The molecule has 0 aliphatic carbocycles. The van der Waals surface area contributed by atoms with Gasteiger partial charge >= 0.3 is 0 Å². The normalized spacial score (nSPS) is 10.7. The summed E-state index contributed by atoms with van der Waals surface area (Å²) in [4.78, 5) is 11.8. The first kappa shape index (κ1) is 12.3. The lowest BCUT2D eigenvalue weighted by molar-refractivity contribution is 0.404. The van der Waals surface area contributed by atoms with Crippen LogP contribution in [0.3, 0.4) is 0 Å². The SMILES string of the molecule is COc1ccc(OC)c(-c2nc3nc(N)ccc3[nH]2)c1. The summed E-state index contributed by atoms with van der Waals surface area (Å²) in [5.41, 5.74) is 7.87. The second-order valence-electron chi connectivity index (χ2n) is 4.26. The van der Waals surface area contributed by atoms with Crippen LogP contribution >= 0.6 is 0 Å². The van der Waals surface area contributed by atoms with Gasteiger partial charge in [0.25, 0.3) is 0 Å².